The zero-order chi connectivity index (χ0) is 19.8. The minimum atomic E-state index is -0.944. The van der Waals surface area contributed by atoms with E-state index in [-0.39, 0.29) is 36.4 Å². The number of nitrogens with one attached hydrogen (secondary N) is 2. The third kappa shape index (κ3) is 6.30. The van der Waals surface area contributed by atoms with Crippen molar-refractivity contribution in [2.24, 2.45) is 0 Å². The zero-order valence-electron chi connectivity index (χ0n) is 15.4. The van der Waals surface area contributed by atoms with Crippen molar-refractivity contribution in [3.63, 3.8) is 0 Å². The van der Waals surface area contributed by atoms with Crippen molar-refractivity contribution in [2.45, 2.75) is 45.1 Å². The van der Waals surface area contributed by atoms with E-state index in [0.29, 0.717) is 25.6 Å². The molecule has 1 aliphatic heterocycles. The van der Waals surface area contributed by atoms with Crippen LogP contribution in [0.5, 0.6) is 0 Å². The monoisotopic (exact) mass is 381 g/mol. The van der Waals surface area contributed by atoms with Crippen LogP contribution < -0.4 is 10.6 Å². The van der Waals surface area contributed by atoms with Gasteiger partial charge in [0, 0.05) is 44.6 Å². The second-order valence-electron chi connectivity index (χ2n) is 6.63. The van der Waals surface area contributed by atoms with E-state index in [1.165, 1.54) is 0 Å². The second-order valence-corrected chi connectivity index (χ2v) is 6.63. The number of hydrogen-bond acceptors (Lipinski definition) is 3. The Labute approximate surface area is 157 Å². The van der Waals surface area contributed by atoms with Crippen molar-refractivity contribution in [2.75, 3.05) is 19.6 Å². The molecule has 6 nitrogen and oxygen atoms in total. The van der Waals surface area contributed by atoms with Gasteiger partial charge in [-0.3, -0.25) is 14.4 Å². The minimum absolute atomic E-state index is 0.00890. The Morgan fingerprint density at radius 2 is 2.00 bits per heavy atom. The van der Waals surface area contributed by atoms with E-state index >= 15 is 0 Å². The molecule has 148 valence electrons. The summed E-state index contributed by atoms with van der Waals surface area (Å²) in [4.78, 5) is 37.6. The first kappa shape index (κ1) is 20.8. The van der Waals surface area contributed by atoms with Crippen LogP contribution >= 0.6 is 0 Å². The van der Waals surface area contributed by atoms with E-state index < -0.39 is 17.5 Å². The van der Waals surface area contributed by atoms with Crippen LogP contribution in [0.15, 0.2) is 18.2 Å². The molecule has 0 radical (unpaired) electrons. The third-order valence-electron chi connectivity index (χ3n) is 4.42. The number of likely N-dealkylation sites (tertiary alicyclic amines) is 1. The Balaban J connectivity index is 1.77. The van der Waals surface area contributed by atoms with Crippen LogP contribution in [-0.2, 0) is 9.59 Å². The molecular weight excluding hydrogens is 356 g/mol. The summed E-state index contributed by atoms with van der Waals surface area (Å²) in [5, 5.41) is 5.41. The molecule has 8 heteroatoms. The molecule has 1 aromatic carbocycles. The molecule has 27 heavy (non-hydrogen) atoms. The van der Waals surface area contributed by atoms with E-state index in [0.717, 1.165) is 31.4 Å². The lowest BCUT2D eigenvalue weighted by atomic mass is 10.0. The molecule has 0 spiro atoms. The molecule has 2 N–H and O–H groups in total. The molecule has 1 unspecified atom stereocenters. The van der Waals surface area contributed by atoms with Crippen LogP contribution in [-0.4, -0.2) is 48.3 Å². The summed E-state index contributed by atoms with van der Waals surface area (Å²) in [7, 11) is 0. The Morgan fingerprint density at radius 1 is 1.22 bits per heavy atom. The second kappa shape index (κ2) is 9.99. The van der Waals surface area contributed by atoms with Crippen LogP contribution in [0.1, 0.15) is 49.4 Å². The number of piperidine rings is 1. The van der Waals surface area contributed by atoms with Crippen molar-refractivity contribution in [1.29, 1.82) is 0 Å². The topological polar surface area (TPSA) is 78.5 Å². The average Bonchev–Trinajstić information content (AvgIpc) is 2.61. The lowest BCUT2D eigenvalue weighted by Crippen LogP contribution is -2.50. The van der Waals surface area contributed by atoms with Gasteiger partial charge in [-0.2, -0.15) is 0 Å². The molecule has 1 aliphatic rings. The molecule has 1 heterocycles. The fourth-order valence-corrected chi connectivity index (χ4v) is 3.06. The highest BCUT2D eigenvalue weighted by Crippen LogP contribution is 2.12. The lowest BCUT2D eigenvalue weighted by molar-refractivity contribution is -0.133. The number of benzene rings is 1. The normalized spacial score (nSPS) is 16.7. The van der Waals surface area contributed by atoms with Crippen LogP contribution in [0.4, 0.5) is 8.78 Å². The molecule has 1 aromatic rings. The van der Waals surface area contributed by atoms with Gasteiger partial charge in [0.25, 0.3) is 5.91 Å². The van der Waals surface area contributed by atoms with Crippen LogP contribution in [0.25, 0.3) is 0 Å². The first-order chi connectivity index (χ1) is 12.9. The van der Waals surface area contributed by atoms with E-state index in [1.807, 2.05) is 6.92 Å². The Kier molecular flexibility index (Phi) is 7.69. The first-order valence-corrected chi connectivity index (χ1v) is 9.21. The number of rotatable bonds is 7. The van der Waals surface area contributed by atoms with Gasteiger partial charge in [0.1, 0.15) is 11.6 Å². The number of hydrogen-bond donors (Lipinski definition) is 2. The predicted molar refractivity (Wildman–Crippen MR) is 96.0 cm³/mol. The van der Waals surface area contributed by atoms with Crippen molar-refractivity contribution in [3.8, 4) is 0 Å². The highest BCUT2D eigenvalue weighted by atomic mass is 19.1. The van der Waals surface area contributed by atoms with E-state index in [9.17, 15) is 23.2 Å². The van der Waals surface area contributed by atoms with E-state index in [4.69, 9.17) is 0 Å². The third-order valence-corrected chi connectivity index (χ3v) is 4.42. The van der Waals surface area contributed by atoms with Gasteiger partial charge in [0.15, 0.2) is 0 Å². The van der Waals surface area contributed by atoms with Crippen LogP contribution in [0.3, 0.4) is 0 Å². The summed E-state index contributed by atoms with van der Waals surface area (Å²) in [5.41, 5.74) is -0.263. The highest BCUT2D eigenvalue weighted by molar-refractivity contribution is 5.94. The molecule has 1 fully saturated rings. The molecular formula is C19H25F2N3O3. The largest absolute Gasteiger partial charge is 0.352 e. The number of halogens is 2. The van der Waals surface area contributed by atoms with E-state index in [2.05, 4.69) is 10.6 Å². The van der Waals surface area contributed by atoms with Gasteiger partial charge in [-0.1, -0.05) is 6.92 Å². The number of carbonyl (C=O) groups excluding carboxylic acids is 3. The van der Waals surface area contributed by atoms with Gasteiger partial charge in [0.2, 0.25) is 11.8 Å². The summed E-state index contributed by atoms with van der Waals surface area (Å²) in [5.74, 6) is -2.54. The smallest absolute Gasteiger partial charge is 0.254 e. The van der Waals surface area contributed by atoms with Gasteiger partial charge in [0.05, 0.1) is 5.56 Å². The van der Waals surface area contributed by atoms with Gasteiger partial charge in [-0.15, -0.1) is 0 Å². The standard InChI is InChI=1S/C19H25F2N3O3/c1-2-4-17(25)23-14-5-3-10-24(12-14)18(26)8-9-22-19(27)15-7-6-13(20)11-16(15)21/h6-7,11,14H,2-5,8-10,12H2,1H3,(H,22,27)(H,23,25). The molecule has 1 atom stereocenters. The Hall–Kier alpha value is -2.51. The molecule has 1 saturated heterocycles. The molecule has 0 aromatic heterocycles. The quantitative estimate of drug-likeness (QED) is 0.758. The van der Waals surface area contributed by atoms with Crippen molar-refractivity contribution >= 4 is 17.7 Å². The average molecular weight is 381 g/mol. The fraction of sp³-hybridized carbons (Fsp3) is 0.526. The van der Waals surface area contributed by atoms with Crippen molar-refractivity contribution in [1.82, 2.24) is 15.5 Å². The molecule has 2 rings (SSSR count). The summed E-state index contributed by atoms with van der Waals surface area (Å²) >= 11 is 0. The van der Waals surface area contributed by atoms with Crippen molar-refractivity contribution in [3.05, 3.63) is 35.4 Å². The summed E-state index contributed by atoms with van der Waals surface area (Å²) in [6.45, 7) is 3.05. The maximum atomic E-state index is 13.6. The predicted octanol–water partition coefficient (Wildman–Crippen LogP) is 1.99. The Bertz CT molecular complexity index is 697. The Morgan fingerprint density at radius 3 is 2.70 bits per heavy atom. The SMILES string of the molecule is CCCC(=O)NC1CCCN(C(=O)CCNC(=O)c2ccc(F)cc2F)C1. The summed E-state index contributed by atoms with van der Waals surface area (Å²) in [6, 6.07) is 2.66. The maximum Gasteiger partial charge on any atom is 0.254 e. The van der Waals surface area contributed by atoms with Crippen LogP contribution in [0.2, 0.25) is 0 Å². The molecule has 0 bridgehead atoms. The molecule has 0 saturated carbocycles. The van der Waals surface area contributed by atoms with E-state index in [1.54, 1.807) is 4.90 Å². The van der Waals surface area contributed by atoms with Gasteiger partial charge in [-0.05, 0) is 31.4 Å². The van der Waals surface area contributed by atoms with Crippen molar-refractivity contribution < 1.29 is 23.2 Å². The number of nitrogens with zero attached hydrogens (tertiary/aromatic N) is 1. The summed E-state index contributed by atoms with van der Waals surface area (Å²) < 4.78 is 26.4. The molecule has 3 amide bonds. The van der Waals surface area contributed by atoms with Gasteiger partial charge >= 0.3 is 0 Å². The first-order valence-electron chi connectivity index (χ1n) is 9.21. The molecule has 0 aliphatic carbocycles. The van der Waals surface area contributed by atoms with Gasteiger partial charge in [-0.25, -0.2) is 8.78 Å². The maximum absolute atomic E-state index is 13.6. The summed E-state index contributed by atoms with van der Waals surface area (Å²) in [6.07, 6.45) is 2.95. The number of amides is 3. The van der Waals surface area contributed by atoms with Crippen LogP contribution in [0, 0.1) is 11.6 Å². The number of carbonyl (C=O) groups is 3. The lowest BCUT2D eigenvalue weighted by Gasteiger charge is -2.33. The zero-order valence-corrected chi connectivity index (χ0v) is 15.4. The fourth-order valence-electron chi connectivity index (χ4n) is 3.06. The van der Waals surface area contributed by atoms with Gasteiger partial charge < -0.3 is 15.5 Å². The highest BCUT2D eigenvalue weighted by Gasteiger charge is 2.24. The minimum Gasteiger partial charge on any atom is -0.352 e.